The molecule has 3 rings (SSSR count). The van der Waals surface area contributed by atoms with Gasteiger partial charge in [-0.05, 0) is 69.8 Å². The number of hydrogen-bond acceptors (Lipinski definition) is 4. The molecule has 1 aromatic carbocycles. The minimum absolute atomic E-state index is 0.0669. The molecule has 2 saturated heterocycles. The van der Waals surface area contributed by atoms with Gasteiger partial charge >= 0.3 is 0 Å². The van der Waals surface area contributed by atoms with Crippen LogP contribution >= 0.6 is 0 Å². The summed E-state index contributed by atoms with van der Waals surface area (Å²) in [7, 11) is -3.43. The lowest BCUT2D eigenvalue weighted by Gasteiger charge is -2.34. The molecule has 0 amide bonds. The van der Waals surface area contributed by atoms with Crippen LogP contribution in [0.5, 0.6) is 0 Å². The second-order valence-corrected chi connectivity index (χ2v) is 9.06. The molecule has 0 saturated carbocycles. The molecule has 0 aromatic heterocycles. The van der Waals surface area contributed by atoms with Gasteiger partial charge in [-0.2, -0.15) is 4.31 Å². The molecule has 134 valence electrons. The smallest absolute Gasteiger partial charge is 0.243 e. The molecule has 2 aliphatic heterocycles. The van der Waals surface area contributed by atoms with Crippen LogP contribution in [0, 0.1) is 5.92 Å². The van der Waals surface area contributed by atoms with E-state index in [1.54, 1.807) is 16.4 Å². The van der Waals surface area contributed by atoms with Crippen molar-refractivity contribution in [3.05, 3.63) is 29.8 Å². The van der Waals surface area contributed by atoms with Crippen LogP contribution in [0.2, 0.25) is 0 Å². The fraction of sp³-hybridized carbons (Fsp3) is 0.667. The van der Waals surface area contributed by atoms with Crippen molar-refractivity contribution in [1.82, 2.24) is 9.62 Å². The number of sulfonamides is 1. The summed E-state index contributed by atoms with van der Waals surface area (Å²) in [5, 5.41) is 3.38. The van der Waals surface area contributed by atoms with Crippen molar-refractivity contribution in [3.8, 4) is 0 Å². The average molecular weight is 353 g/mol. The van der Waals surface area contributed by atoms with Gasteiger partial charge in [-0.1, -0.05) is 12.1 Å². The molecule has 6 heteroatoms. The van der Waals surface area contributed by atoms with Crippen molar-refractivity contribution in [2.45, 2.75) is 50.2 Å². The summed E-state index contributed by atoms with van der Waals surface area (Å²) in [6.45, 7) is 6.85. The summed E-state index contributed by atoms with van der Waals surface area (Å²) in [5.74, 6) is 0.703. The van der Waals surface area contributed by atoms with E-state index in [0.29, 0.717) is 23.9 Å². The van der Waals surface area contributed by atoms with Gasteiger partial charge in [0.05, 0.1) is 17.1 Å². The van der Waals surface area contributed by atoms with Gasteiger partial charge in [0.2, 0.25) is 10.0 Å². The summed E-state index contributed by atoms with van der Waals surface area (Å²) in [4.78, 5) is 0.387. The first-order valence-electron chi connectivity index (χ1n) is 8.90. The van der Waals surface area contributed by atoms with Gasteiger partial charge in [0.15, 0.2) is 0 Å². The number of benzene rings is 1. The number of nitrogens with zero attached hydrogens (tertiary/aromatic N) is 1. The summed E-state index contributed by atoms with van der Waals surface area (Å²) in [6, 6.07) is 7.47. The average Bonchev–Trinajstić information content (AvgIpc) is 2.55. The third-order valence-electron chi connectivity index (χ3n) is 4.93. The van der Waals surface area contributed by atoms with E-state index in [-0.39, 0.29) is 12.2 Å². The number of piperidine rings is 1. The zero-order valence-electron chi connectivity index (χ0n) is 14.6. The fourth-order valence-corrected chi connectivity index (χ4v) is 5.28. The second-order valence-electron chi connectivity index (χ2n) is 7.12. The van der Waals surface area contributed by atoms with Crippen molar-refractivity contribution in [2.24, 2.45) is 5.92 Å². The first-order chi connectivity index (χ1) is 11.4. The maximum atomic E-state index is 12.8. The van der Waals surface area contributed by atoms with Gasteiger partial charge in [0.25, 0.3) is 0 Å². The molecular formula is C18H28N2O3S. The number of hydrogen-bond donors (Lipinski definition) is 1. The summed E-state index contributed by atoms with van der Waals surface area (Å²) in [5.41, 5.74) is 1.23. The van der Waals surface area contributed by atoms with Crippen LogP contribution in [-0.2, 0) is 21.2 Å². The highest BCUT2D eigenvalue weighted by Crippen LogP contribution is 2.23. The highest BCUT2D eigenvalue weighted by molar-refractivity contribution is 7.89. The number of rotatable bonds is 4. The maximum Gasteiger partial charge on any atom is 0.243 e. The zero-order valence-corrected chi connectivity index (χ0v) is 15.4. The Labute approximate surface area is 145 Å². The first-order valence-corrected chi connectivity index (χ1v) is 10.3. The SMILES string of the molecule is CC1CN(S(=O)(=O)c2ccc(CC3CCNCC3)cc2)CC(C)O1. The lowest BCUT2D eigenvalue weighted by atomic mass is 9.91. The van der Waals surface area contributed by atoms with Crippen LogP contribution in [0.25, 0.3) is 0 Å². The Hall–Kier alpha value is -0.950. The maximum absolute atomic E-state index is 12.8. The van der Waals surface area contributed by atoms with E-state index in [4.69, 9.17) is 4.74 Å². The molecule has 0 spiro atoms. The van der Waals surface area contributed by atoms with Gasteiger partial charge in [-0.3, -0.25) is 0 Å². The van der Waals surface area contributed by atoms with Crippen molar-refractivity contribution in [2.75, 3.05) is 26.2 Å². The van der Waals surface area contributed by atoms with Crippen LogP contribution < -0.4 is 5.32 Å². The highest BCUT2D eigenvalue weighted by Gasteiger charge is 2.32. The predicted octanol–water partition coefficient (Wildman–Crippen LogP) is 2.03. The third-order valence-corrected chi connectivity index (χ3v) is 6.78. The Morgan fingerprint density at radius 2 is 1.67 bits per heavy atom. The van der Waals surface area contributed by atoms with Crippen molar-refractivity contribution < 1.29 is 13.2 Å². The van der Waals surface area contributed by atoms with Gasteiger partial charge in [-0.15, -0.1) is 0 Å². The van der Waals surface area contributed by atoms with E-state index < -0.39 is 10.0 Å². The van der Waals surface area contributed by atoms with Gasteiger partial charge in [0.1, 0.15) is 0 Å². The van der Waals surface area contributed by atoms with Crippen LogP contribution in [0.3, 0.4) is 0 Å². The Balaban J connectivity index is 1.69. The summed E-state index contributed by atoms with van der Waals surface area (Å²) >= 11 is 0. The van der Waals surface area contributed by atoms with E-state index >= 15 is 0 Å². The minimum Gasteiger partial charge on any atom is -0.373 e. The van der Waals surface area contributed by atoms with Crippen molar-refractivity contribution >= 4 is 10.0 Å². The molecule has 0 radical (unpaired) electrons. The zero-order chi connectivity index (χ0) is 17.2. The Morgan fingerprint density at radius 1 is 1.08 bits per heavy atom. The minimum atomic E-state index is -3.43. The molecule has 24 heavy (non-hydrogen) atoms. The molecule has 2 atom stereocenters. The molecule has 2 heterocycles. The van der Waals surface area contributed by atoms with Crippen LogP contribution in [0.4, 0.5) is 0 Å². The topological polar surface area (TPSA) is 58.6 Å². The number of nitrogens with one attached hydrogen (secondary N) is 1. The molecule has 1 aromatic rings. The molecule has 0 aliphatic carbocycles. The third kappa shape index (κ3) is 4.17. The van der Waals surface area contributed by atoms with Gasteiger partial charge in [0, 0.05) is 13.1 Å². The summed E-state index contributed by atoms with van der Waals surface area (Å²) in [6.07, 6.45) is 3.30. The lowest BCUT2D eigenvalue weighted by molar-refractivity contribution is -0.0440. The van der Waals surface area contributed by atoms with E-state index in [1.807, 2.05) is 26.0 Å². The highest BCUT2D eigenvalue weighted by atomic mass is 32.2. The number of morpholine rings is 1. The number of ether oxygens (including phenoxy) is 1. The molecule has 2 aliphatic rings. The normalized spacial score (nSPS) is 27.2. The molecule has 2 fully saturated rings. The van der Waals surface area contributed by atoms with Crippen LogP contribution in [-0.4, -0.2) is 51.1 Å². The van der Waals surface area contributed by atoms with E-state index in [2.05, 4.69) is 5.32 Å². The Kier molecular flexibility index (Phi) is 5.59. The molecule has 0 bridgehead atoms. The largest absolute Gasteiger partial charge is 0.373 e. The predicted molar refractivity (Wildman–Crippen MR) is 94.5 cm³/mol. The molecular weight excluding hydrogens is 324 g/mol. The van der Waals surface area contributed by atoms with E-state index in [0.717, 1.165) is 19.5 Å². The lowest BCUT2D eigenvalue weighted by Crippen LogP contribution is -2.48. The molecule has 1 N–H and O–H groups in total. The second kappa shape index (κ2) is 7.52. The standard InChI is InChI=1S/C18H28N2O3S/c1-14-12-20(13-15(2)23-14)24(21,22)18-5-3-16(4-6-18)11-17-7-9-19-10-8-17/h3-6,14-15,17,19H,7-13H2,1-2H3. The van der Waals surface area contributed by atoms with Gasteiger partial charge in [-0.25, -0.2) is 8.42 Å². The monoisotopic (exact) mass is 352 g/mol. The Morgan fingerprint density at radius 3 is 2.25 bits per heavy atom. The van der Waals surface area contributed by atoms with Gasteiger partial charge < -0.3 is 10.1 Å². The van der Waals surface area contributed by atoms with Crippen LogP contribution in [0.15, 0.2) is 29.2 Å². The Bertz CT molecular complexity index is 629. The van der Waals surface area contributed by atoms with E-state index in [9.17, 15) is 8.42 Å². The van der Waals surface area contributed by atoms with Crippen LogP contribution in [0.1, 0.15) is 32.3 Å². The molecule has 2 unspecified atom stereocenters. The molecule has 5 nitrogen and oxygen atoms in total. The van der Waals surface area contributed by atoms with Crippen molar-refractivity contribution in [1.29, 1.82) is 0 Å². The van der Waals surface area contributed by atoms with E-state index in [1.165, 1.54) is 18.4 Å². The fourth-order valence-electron chi connectivity index (χ4n) is 3.69. The van der Waals surface area contributed by atoms with Crippen molar-refractivity contribution in [3.63, 3.8) is 0 Å². The first kappa shape index (κ1) is 17.9. The quantitative estimate of drug-likeness (QED) is 0.901. The summed E-state index contributed by atoms with van der Waals surface area (Å²) < 4.78 is 32.9.